The van der Waals surface area contributed by atoms with Gasteiger partial charge in [0.25, 0.3) is 0 Å². The van der Waals surface area contributed by atoms with Gasteiger partial charge in [-0.2, -0.15) is 29.9 Å². The Labute approximate surface area is 202 Å². The van der Waals surface area contributed by atoms with Crippen molar-refractivity contribution in [1.29, 1.82) is 0 Å². The number of rotatable bonds is 2. The Kier molecular flexibility index (Phi) is 19.9. The van der Waals surface area contributed by atoms with Gasteiger partial charge in [-0.25, -0.2) is 0 Å². The summed E-state index contributed by atoms with van der Waals surface area (Å²) in [7, 11) is 0. The van der Waals surface area contributed by atoms with Crippen LogP contribution in [0.15, 0.2) is 30.3 Å². The summed E-state index contributed by atoms with van der Waals surface area (Å²) >= 11 is 27.1. The van der Waals surface area contributed by atoms with Crippen LogP contribution in [-0.4, -0.2) is 29.9 Å². The molecule has 0 aliphatic heterocycles. The third kappa shape index (κ3) is 14.5. The highest BCUT2D eigenvalue weighted by molar-refractivity contribution is 6.33. The van der Waals surface area contributed by atoms with Crippen molar-refractivity contribution in [3.8, 4) is 11.8 Å². The first-order chi connectivity index (χ1) is 14.4. The van der Waals surface area contributed by atoms with Crippen molar-refractivity contribution in [3.05, 3.63) is 56.7 Å². The van der Waals surface area contributed by atoms with E-state index < -0.39 is 0 Å². The second kappa shape index (κ2) is 19.5. The number of halogens is 5. The van der Waals surface area contributed by atoms with Gasteiger partial charge in [-0.05, 0) is 70.1 Å². The Bertz CT molecular complexity index is 757. The van der Waals surface area contributed by atoms with Crippen LogP contribution in [0.1, 0.15) is 41.5 Å². The van der Waals surface area contributed by atoms with Crippen molar-refractivity contribution in [2.75, 3.05) is 0 Å². The molecule has 0 amide bonds. The highest BCUT2D eigenvalue weighted by Gasteiger charge is 2.04. The Morgan fingerprint density at radius 2 is 0.800 bits per heavy atom. The normalized spacial score (nSPS) is 8.50. The molecule has 1 aromatic carbocycles. The zero-order chi connectivity index (χ0) is 23.5. The summed E-state index contributed by atoms with van der Waals surface area (Å²) in [5, 5.41) is 0.00172. The van der Waals surface area contributed by atoms with Crippen LogP contribution in [0.5, 0.6) is 11.8 Å². The minimum Gasteiger partial charge on any atom is -0.424 e. The van der Waals surface area contributed by atoms with Crippen molar-refractivity contribution in [3.63, 3.8) is 0 Å². The Balaban J connectivity index is 0. The van der Waals surface area contributed by atoms with E-state index in [1.54, 1.807) is 12.1 Å². The molecular formula is C18H23Cl5N6O. The average Bonchev–Trinajstić information content (AvgIpc) is 2.72. The first-order valence-electron chi connectivity index (χ1n) is 8.95. The largest absolute Gasteiger partial charge is 0.424 e. The minimum absolute atomic E-state index is 0.000000000000000444. The highest BCUT2D eigenvalue weighted by Crippen LogP contribution is 2.19. The molecule has 0 saturated carbocycles. The van der Waals surface area contributed by atoms with Gasteiger partial charge in [0.1, 0.15) is 5.75 Å². The van der Waals surface area contributed by atoms with Crippen LogP contribution in [-0.2, 0) is 0 Å². The summed E-state index contributed by atoms with van der Waals surface area (Å²) in [5.74, 6) is 0.607. The van der Waals surface area contributed by atoms with Gasteiger partial charge in [-0.1, -0.05) is 59.7 Å². The summed E-state index contributed by atoms with van der Waals surface area (Å²) in [6.07, 6.45) is 0. The number of aromatic nitrogens is 6. The molecule has 0 N–H and O–H groups in total. The molecule has 0 saturated heterocycles. The molecule has 2 heterocycles. The lowest BCUT2D eigenvalue weighted by Crippen LogP contribution is -1.94. The van der Waals surface area contributed by atoms with Gasteiger partial charge in [0.15, 0.2) is 0 Å². The van der Waals surface area contributed by atoms with Crippen LogP contribution in [0.2, 0.25) is 26.4 Å². The standard InChI is InChI=1S/C9H5Cl2N3O.C3Cl3N3.3C2H6/c10-7-12-8(11)14-9(13-7)15-6-4-2-1-3-5-6;4-1-7-2(5)9-3(6)8-1;3*1-2/h1-5H;;3*1-2H3. The highest BCUT2D eigenvalue weighted by atomic mass is 35.5. The second-order valence-corrected chi connectivity index (χ2v) is 5.40. The van der Waals surface area contributed by atoms with E-state index in [2.05, 4.69) is 29.9 Å². The van der Waals surface area contributed by atoms with Gasteiger partial charge in [0, 0.05) is 0 Å². The van der Waals surface area contributed by atoms with E-state index in [4.69, 9.17) is 62.7 Å². The van der Waals surface area contributed by atoms with Gasteiger partial charge < -0.3 is 4.74 Å². The van der Waals surface area contributed by atoms with Gasteiger partial charge in [0.2, 0.25) is 26.4 Å². The zero-order valence-corrected chi connectivity index (χ0v) is 21.1. The van der Waals surface area contributed by atoms with Gasteiger partial charge in [-0.3, -0.25) is 0 Å². The Morgan fingerprint density at radius 1 is 0.500 bits per heavy atom. The van der Waals surface area contributed by atoms with Crippen LogP contribution < -0.4 is 4.74 Å². The van der Waals surface area contributed by atoms with E-state index in [9.17, 15) is 0 Å². The maximum atomic E-state index is 5.59. The molecule has 0 fully saturated rings. The van der Waals surface area contributed by atoms with Crippen LogP contribution in [0.3, 0.4) is 0 Å². The SMILES string of the molecule is CC.CC.CC.Clc1nc(Cl)nc(Cl)n1.Clc1nc(Cl)nc(Oc2ccccc2)n1. The van der Waals surface area contributed by atoms with Gasteiger partial charge in [0.05, 0.1) is 0 Å². The van der Waals surface area contributed by atoms with Crippen molar-refractivity contribution >= 4 is 58.0 Å². The molecule has 7 nitrogen and oxygen atoms in total. The maximum Gasteiger partial charge on any atom is 0.327 e. The molecule has 166 valence electrons. The summed E-state index contributed by atoms with van der Waals surface area (Å²) in [6.45, 7) is 12.0. The zero-order valence-electron chi connectivity index (χ0n) is 17.4. The van der Waals surface area contributed by atoms with Crippen molar-refractivity contribution in [1.82, 2.24) is 29.9 Å². The van der Waals surface area contributed by atoms with E-state index in [1.165, 1.54) is 0 Å². The van der Waals surface area contributed by atoms with E-state index >= 15 is 0 Å². The lowest BCUT2D eigenvalue weighted by atomic mass is 10.3. The van der Waals surface area contributed by atoms with Crippen LogP contribution >= 0.6 is 58.0 Å². The van der Waals surface area contributed by atoms with Crippen molar-refractivity contribution in [2.24, 2.45) is 0 Å². The molecule has 0 spiro atoms. The first kappa shape index (κ1) is 30.7. The second-order valence-electron chi connectivity index (χ2n) is 3.71. The smallest absolute Gasteiger partial charge is 0.327 e. The molecular weight excluding hydrogens is 494 g/mol. The van der Waals surface area contributed by atoms with E-state index in [1.807, 2.05) is 59.7 Å². The molecule has 2 aromatic heterocycles. The molecule has 0 unspecified atom stereocenters. The number of hydrogen-bond donors (Lipinski definition) is 0. The third-order valence-electron chi connectivity index (χ3n) is 2.07. The summed E-state index contributed by atoms with van der Waals surface area (Å²) in [4.78, 5) is 21.5. The molecule has 12 heteroatoms. The molecule has 3 aromatic rings. The fraction of sp³-hybridized carbons (Fsp3) is 0.333. The molecule has 0 aliphatic carbocycles. The van der Waals surface area contributed by atoms with E-state index in [0.29, 0.717) is 5.75 Å². The molecule has 0 atom stereocenters. The van der Waals surface area contributed by atoms with E-state index in [0.717, 1.165) is 0 Å². The van der Waals surface area contributed by atoms with Crippen molar-refractivity contribution < 1.29 is 4.74 Å². The fourth-order valence-electron chi connectivity index (χ4n) is 1.25. The molecule has 30 heavy (non-hydrogen) atoms. The van der Waals surface area contributed by atoms with Crippen LogP contribution in [0.25, 0.3) is 0 Å². The molecule has 3 rings (SSSR count). The number of nitrogens with zero attached hydrogens (tertiary/aromatic N) is 6. The third-order valence-corrected chi connectivity index (χ3v) is 2.91. The fourth-order valence-corrected chi connectivity index (χ4v) is 2.21. The quantitative estimate of drug-likeness (QED) is 0.342. The van der Waals surface area contributed by atoms with Crippen LogP contribution in [0.4, 0.5) is 0 Å². The lowest BCUT2D eigenvalue weighted by Gasteiger charge is -2.02. The number of hydrogen-bond acceptors (Lipinski definition) is 7. The predicted molar refractivity (Wildman–Crippen MR) is 125 cm³/mol. The summed E-state index contributed by atoms with van der Waals surface area (Å²) < 4.78 is 5.31. The molecule has 0 bridgehead atoms. The lowest BCUT2D eigenvalue weighted by molar-refractivity contribution is 0.439. The molecule has 0 aliphatic rings. The van der Waals surface area contributed by atoms with E-state index in [-0.39, 0.29) is 32.4 Å². The average molecular weight is 517 g/mol. The van der Waals surface area contributed by atoms with Gasteiger partial charge in [-0.15, -0.1) is 0 Å². The monoisotopic (exact) mass is 514 g/mol. The minimum atomic E-state index is 0.000000000000000444. The molecule has 0 radical (unpaired) electrons. The summed E-state index contributed by atoms with van der Waals surface area (Å²) in [5.41, 5.74) is 0. The predicted octanol–water partition coefficient (Wildman–Crippen LogP) is 7.88. The number of para-hydroxylation sites is 1. The van der Waals surface area contributed by atoms with Gasteiger partial charge >= 0.3 is 6.01 Å². The topological polar surface area (TPSA) is 86.6 Å². The Morgan fingerprint density at radius 3 is 1.13 bits per heavy atom. The summed E-state index contributed by atoms with van der Waals surface area (Å²) in [6, 6.07) is 9.16. The maximum absolute atomic E-state index is 5.59. The van der Waals surface area contributed by atoms with Crippen molar-refractivity contribution in [2.45, 2.75) is 41.5 Å². The number of benzene rings is 1. The first-order valence-corrected chi connectivity index (χ1v) is 10.8. The number of ether oxygens (including phenoxy) is 1. The van der Waals surface area contributed by atoms with Crippen LogP contribution in [0, 0.1) is 0 Å². The Hall–Kier alpha value is -1.51.